The lowest BCUT2D eigenvalue weighted by atomic mass is 9.99. The maximum Gasteiger partial charge on any atom is 0.416 e. The molecule has 0 fully saturated rings. The summed E-state index contributed by atoms with van der Waals surface area (Å²) in [5.41, 5.74) is 6.56. The van der Waals surface area contributed by atoms with E-state index in [1.54, 1.807) is 13.8 Å². The molecule has 29 heavy (non-hydrogen) atoms. The Hall–Kier alpha value is -3.07. The number of aryl methyl sites for hydroxylation is 1. The van der Waals surface area contributed by atoms with Crippen molar-refractivity contribution in [1.82, 2.24) is 20.3 Å². The number of amides is 1. The van der Waals surface area contributed by atoms with Gasteiger partial charge in [-0.15, -0.1) is 0 Å². The number of hydrogen-bond donors (Lipinski definition) is 3. The zero-order valence-corrected chi connectivity index (χ0v) is 16.2. The minimum absolute atomic E-state index is 0.0321. The molecule has 0 aliphatic rings. The molecular weight excluding hydrogens is 407 g/mol. The van der Waals surface area contributed by atoms with E-state index in [1.165, 1.54) is 18.3 Å². The van der Waals surface area contributed by atoms with Crippen molar-refractivity contribution in [2.24, 2.45) is 0 Å². The first-order chi connectivity index (χ1) is 13.6. The molecule has 0 bridgehead atoms. The van der Waals surface area contributed by atoms with Crippen LogP contribution in [0, 0.1) is 6.92 Å². The van der Waals surface area contributed by atoms with E-state index >= 15 is 0 Å². The van der Waals surface area contributed by atoms with Gasteiger partial charge in [-0.05, 0) is 37.6 Å². The summed E-state index contributed by atoms with van der Waals surface area (Å²) in [7, 11) is 0. The number of anilines is 1. The molecule has 10 heteroatoms. The molecule has 2 aromatic heterocycles. The van der Waals surface area contributed by atoms with E-state index in [1.807, 2.05) is 0 Å². The van der Waals surface area contributed by atoms with Crippen LogP contribution in [-0.2, 0) is 6.18 Å². The topological polar surface area (TPSA) is 96.7 Å². The third-order valence-electron chi connectivity index (χ3n) is 4.25. The number of carbonyl (C=O) groups excluding carboxylic acids is 1. The number of rotatable bonds is 4. The van der Waals surface area contributed by atoms with Gasteiger partial charge in [-0.2, -0.15) is 13.2 Å². The van der Waals surface area contributed by atoms with Gasteiger partial charge < -0.3 is 16.0 Å². The van der Waals surface area contributed by atoms with Gasteiger partial charge in [0.25, 0.3) is 5.91 Å². The molecule has 0 atom stereocenters. The third-order valence-corrected chi connectivity index (χ3v) is 4.53. The first kappa shape index (κ1) is 20.7. The van der Waals surface area contributed by atoms with Crippen LogP contribution in [0.1, 0.15) is 28.4 Å². The van der Waals surface area contributed by atoms with Gasteiger partial charge in [0.15, 0.2) is 0 Å². The van der Waals surface area contributed by atoms with E-state index in [9.17, 15) is 18.0 Å². The number of benzene rings is 1. The monoisotopic (exact) mass is 423 g/mol. The Bertz CT molecular complexity index is 1080. The van der Waals surface area contributed by atoms with E-state index in [2.05, 4.69) is 20.3 Å². The van der Waals surface area contributed by atoms with Gasteiger partial charge in [0.05, 0.1) is 33.7 Å². The summed E-state index contributed by atoms with van der Waals surface area (Å²) in [5, 5.41) is 2.83. The predicted molar refractivity (Wildman–Crippen MR) is 104 cm³/mol. The molecule has 152 valence electrons. The lowest BCUT2D eigenvalue weighted by Crippen LogP contribution is -2.22. The quantitative estimate of drug-likeness (QED) is 0.577. The molecule has 0 aliphatic heterocycles. The first-order valence-electron chi connectivity index (χ1n) is 8.59. The highest BCUT2D eigenvalue weighted by molar-refractivity contribution is 6.32. The van der Waals surface area contributed by atoms with Crippen molar-refractivity contribution in [3.8, 4) is 22.6 Å². The number of nitrogens with two attached hydrogens (primary N) is 1. The molecule has 3 aromatic rings. The van der Waals surface area contributed by atoms with Gasteiger partial charge in [0.1, 0.15) is 5.69 Å². The number of carbonyl (C=O) groups is 1. The third kappa shape index (κ3) is 4.19. The van der Waals surface area contributed by atoms with Crippen molar-refractivity contribution < 1.29 is 18.0 Å². The number of halogens is 4. The van der Waals surface area contributed by atoms with Crippen LogP contribution in [0.5, 0.6) is 0 Å². The Balaban J connectivity index is 2.24. The van der Waals surface area contributed by atoms with Crippen molar-refractivity contribution in [1.29, 1.82) is 0 Å². The molecule has 0 radical (unpaired) electrons. The molecule has 0 saturated carbocycles. The first-order valence-corrected chi connectivity index (χ1v) is 8.97. The molecule has 0 unspecified atom stereocenters. The lowest BCUT2D eigenvalue weighted by molar-refractivity contribution is -0.137. The van der Waals surface area contributed by atoms with Crippen molar-refractivity contribution in [3.63, 3.8) is 0 Å². The number of nitrogens with zero attached hydrogens (tertiary/aromatic N) is 2. The Morgan fingerprint density at radius 3 is 2.69 bits per heavy atom. The summed E-state index contributed by atoms with van der Waals surface area (Å²) < 4.78 is 39.7. The molecule has 0 aliphatic carbocycles. The molecule has 2 heterocycles. The Morgan fingerprint density at radius 1 is 1.31 bits per heavy atom. The Morgan fingerprint density at radius 2 is 2.03 bits per heavy atom. The van der Waals surface area contributed by atoms with Crippen molar-refractivity contribution in [3.05, 3.63) is 52.2 Å². The van der Waals surface area contributed by atoms with Crippen molar-refractivity contribution >= 4 is 23.5 Å². The molecule has 0 saturated heterocycles. The zero-order valence-electron chi connectivity index (χ0n) is 15.5. The molecule has 1 aromatic carbocycles. The van der Waals surface area contributed by atoms with E-state index in [0.29, 0.717) is 17.8 Å². The second kappa shape index (κ2) is 7.75. The van der Waals surface area contributed by atoms with Crippen LogP contribution in [0.2, 0.25) is 5.02 Å². The molecule has 1 amide bonds. The number of hydrogen-bond acceptors (Lipinski definition) is 4. The number of nitrogen functional groups attached to an aromatic ring is 1. The summed E-state index contributed by atoms with van der Waals surface area (Å²) in [6.07, 6.45) is -3.21. The number of aromatic amines is 1. The molecule has 0 spiro atoms. The summed E-state index contributed by atoms with van der Waals surface area (Å²) in [6.45, 7) is 3.75. The van der Waals surface area contributed by atoms with Crippen molar-refractivity contribution in [2.75, 3.05) is 12.3 Å². The summed E-state index contributed by atoms with van der Waals surface area (Å²) >= 11 is 6.15. The second-order valence-corrected chi connectivity index (χ2v) is 6.69. The zero-order chi connectivity index (χ0) is 21.3. The van der Waals surface area contributed by atoms with Crippen LogP contribution in [0.25, 0.3) is 22.6 Å². The molecule has 6 nitrogen and oxygen atoms in total. The number of alkyl halides is 3. The smallest absolute Gasteiger partial charge is 0.368 e. The number of aromatic nitrogens is 3. The van der Waals surface area contributed by atoms with Gasteiger partial charge >= 0.3 is 6.18 Å². The van der Waals surface area contributed by atoms with Crippen LogP contribution in [0.15, 0.2) is 30.5 Å². The molecule has 3 rings (SSSR count). The lowest BCUT2D eigenvalue weighted by Gasteiger charge is -2.12. The predicted octanol–water partition coefficient (Wildman–Crippen LogP) is 4.45. The Labute approximate surface area is 169 Å². The minimum Gasteiger partial charge on any atom is -0.368 e. The summed E-state index contributed by atoms with van der Waals surface area (Å²) in [5.74, 6) is -0.477. The van der Waals surface area contributed by atoms with Crippen LogP contribution < -0.4 is 11.1 Å². The van der Waals surface area contributed by atoms with Crippen LogP contribution >= 0.6 is 11.6 Å². The number of H-pyrrole nitrogens is 1. The van der Waals surface area contributed by atoms with Gasteiger partial charge in [0, 0.05) is 12.1 Å². The summed E-state index contributed by atoms with van der Waals surface area (Å²) in [6, 6.07) is 4.84. The fourth-order valence-electron chi connectivity index (χ4n) is 2.87. The summed E-state index contributed by atoms with van der Waals surface area (Å²) in [4.78, 5) is 23.4. The van der Waals surface area contributed by atoms with E-state index < -0.39 is 17.6 Å². The average molecular weight is 424 g/mol. The largest absolute Gasteiger partial charge is 0.416 e. The van der Waals surface area contributed by atoms with Crippen LogP contribution in [0.3, 0.4) is 0 Å². The van der Waals surface area contributed by atoms with Gasteiger partial charge in [-0.25, -0.2) is 9.97 Å². The maximum atomic E-state index is 13.2. The Kier molecular flexibility index (Phi) is 5.52. The SMILES string of the molecule is CCNC(=O)c1cc(-c2nc(N)ncc2Cl)[nH]c1-c1cc(C(F)(F)F)ccc1C. The minimum atomic E-state index is -4.52. The fraction of sp³-hybridized carbons (Fsp3) is 0.211. The van der Waals surface area contributed by atoms with Crippen LogP contribution in [0.4, 0.5) is 19.1 Å². The highest BCUT2D eigenvalue weighted by Gasteiger charge is 2.31. The maximum absolute atomic E-state index is 13.2. The van der Waals surface area contributed by atoms with Crippen molar-refractivity contribution in [2.45, 2.75) is 20.0 Å². The highest BCUT2D eigenvalue weighted by Crippen LogP contribution is 2.37. The standard InChI is InChI=1S/C19H17ClF3N5O/c1-3-25-17(29)12-7-14(16-13(20)8-26-18(24)28-16)27-15(12)11-6-10(19(21,22)23)5-4-9(11)2/h4-8,27H,3H2,1-2H3,(H,25,29)(H2,24,26,28). The number of nitrogens with one attached hydrogen (secondary N) is 2. The average Bonchev–Trinajstić information content (AvgIpc) is 3.08. The van der Waals surface area contributed by atoms with E-state index in [-0.39, 0.29) is 33.5 Å². The van der Waals surface area contributed by atoms with Gasteiger partial charge in [0.2, 0.25) is 5.95 Å². The van der Waals surface area contributed by atoms with Gasteiger partial charge in [-0.1, -0.05) is 17.7 Å². The fourth-order valence-corrected chi connectivity index (χ4v) is 3.06. The molecule has 4 N–H and O–H groups in total. The normalized spacial score (nSPS) is 11.5. The molecular formula is C19H17ClF3N5O. The van der Waals surface area contributed by atoms with Gasteiger partial charge in [-0.3, -0.25) is 4.79 Å². The highest BCUT2D eigenvalue weighted by atomic mass is 35.5. The second-order valence-electron chi connectivity index (χ2n) is 6.28. The van der Waals surface area contributed by atoms with E-state index in [0.717, 1.165) is 12.1 Å². The van der Waals surface area contributed by atoms with Crippen LogP contribution in [-0.4, -0.2) is 27.4 Å². The van der Waals surface area contributed by atoms with E-state index in [4.69, 9.17) is 17.3 Å².